The van der Waals surface area contributed by atoms with Gasteiger partial charge in [0.25, 0.3) is 0 Å². The minimum absolute atomic E-state index is 0.0172. The molecule has 0 fully saturated rings. The van der Waals surface area contributed by atoms with E-state index < -0.39 is 0 Å². The summed E-state index contributed by atoms with van der Waals surface area (Å²) in [7, 11) is 1.51. The third kappa shape index (κ3) is 6.56. The minimum Gasteiger partial charge on any atom is -0.474 e. The van der Waals surface area contributed by atoms with Gasteiger partial charge in [-0.25, -0.2) is 9.75 Å². The molecule has 0 aliphatic heterocycles. The number of aromatic nitrogens is 2. The summed E-state index contributed by atoms with van der Waals surface area (Å²) in [5, 5.41) is 6.46. The fraction of sp³-hybridized carbons (Fsp3) is 0.500. The molecule has 2 rings (SSSR count). The van der Waals surface area contributed by atoms with Crippen LogP contribution in [-0.4, -0.2) is 40.5 Å². The van der Waals surface area contributed by atoms with Crippen LogP contribution in [0.1, 0.15) is 46.0 Å². The van der Waals surface area contributed by atoms with Gasteiger partial charge < -0.3 is 4.74 Å². The maximum atomic E-state index is 12.3. The molecule has 1 amide bonds. The lowest BCUT2D eigenvalue weighted by Gasteiger charge is -2.26. The molecule has 0 aliphatic rings. The number of hydrogen-bond acceptors (Lipinski definition) is 4. The predicted octanol–water partition coefficient (Wildman–Crippen LogP) is 4.65. The van der Waals surface area contributed by atoms with Gasteiger partial charge in [0.05, 0.1) is 18.8 Å². The maximum Gasteiger partial charge on any atom is 0.246 e. The number of halogens is 1. The first-order valence-corrected chi connectivity index (χ1v) is 9.73. The molecular weight excluding hydrogens is 366 g/mol. The topological polar surface area (TPSA) is 56.6 Å². The monoisotopic (exact) mass is 393 g/mol. The molecule has 0 saturated heterocycles. The highest BCUT2D eigenvalue weighted by Crippen LogP contribution is 2.16. The van der Waals surface area contributed by atoms with Crippen LogP contribution in [0.5, 0.6) is 5.88 Å². The Kier molecular flexibility index (Phi) is 8.61. The number of nitrogens with zero attached hydrogens (tertiary/aromatic N) is 3. The van der Waals surface area contributed by atoms with Crippen LogP contribution < -0.4 is 4.74 Å². The van der Waals surface area contributed by atoms with Gasteiger partial charge in [-0.1, -0.05) is 37.8 Å². The average molecular weight is 394 g/mol. The van der Waals surface area contributed by atoms with Gasteiger partial charge in [0.2, 0.25) is 11.8 Å². The van der Waals surface area contributed by atoms with Crippen LogP contribution in [0.3, 0.4) is 0 Å². The smallest absolute Gasteiger partial charge is 0.246 e. The van der Waals surface area contributed by atoms with Gasteiger partial charge in [0, 0.05) is 23.7 Å². The molecule has 0 spiro atoms. The Labute approximate surface area is 166 Å². The van der Waals surface area contributed by atoms with Crippen molar-refractivity contribution in [3.05, 3.63) is 41.6 Å². The van der Waals surface area contributed by atoms with Crippen molar-refractivity contribution in [2.45, 2.75) is 52.0 Å². The number of hydrogen-bond donors (Lipinski definition) is 0. The zero-order valence-electron chi connectivity index (χ0n) is 16.2. The van der Waals surface area contributed by atoms with E-state index in [2.05, 4.69) is 12.0 Å². The Balaban J connectivity index is 1.85. The average Bonchev–Trinajstić information content (AvgIpc) is 3.14. The van der Waals surface area contributed by atoms with E-state index in [0.717, 1.165) is 31.4 Å². The molecule has 0 saturated carbocycles. The molecule has 1 heterocycles. The molecule has 6 nitrogen and oxygen atoms in total. The Morgan fingerprint density at radius 1 is 1.22 bits per heavy atom. The van der Waals surface area contributed by atoms with Gasteiger partial charge in [-0.2, -0.15) is 0 Å². The molecule has 7 heteroatoms. The van der Waals surface area contributed by atoms with Gasteiger partial charge in [-0.15, -0.1) is 5.10 Å². The van der Waals surface area contributed by atoms with E-state index in [-0.39, 0.29) is 11.9 Å². The number of carbonyl (C=O) groups excluding carboxylic acids is 1. The summed E-state index contributed by atoms with van der Waals surface area (Å²) in [6, 6.07) is 8.95. The van der Waals surface area contributed by atoms with Gasteiger partial charge >= 0.3 is 0 Å². The predicted molar refractivity (Wildman–Crippen MR) is 106 cm³/mol. The van der Waals surface area contributed by atoms with Crippen LogP contribution in [0.25, 0.3) is 5.69 Å². The third-order valence-corrected chi connectivity index (χ3v) is 4.47. The quantitative estimate of drug-likeness (QED) is 0.411. The van der Waals surface area contributed by atoms with E-state index in [0.29, 0.717) is 23.9 Å². The summed E-state index contributed by atoms with van der Waals surface area (Å²) in [6.45, 7) is 4.34. The maximum absolute atomic E-state index is 12.3. The first-order valence-electron chi connectivity index (χ1n) is 9.35. The van der Waals surface area contributed by atoms with E-state index in [1.54, 1.807) is 10.7 Å². The highest BCUT2D eigenvalue weighted by Gasteiger charge is 2.20. The molecular formula is C20H28ClN3O3. The van der Waals surface area contributed by atoms with Gasteiger partial charge in [0.15, 0.2) is 0 Å². The summed E-state index contributed by atoms with van der Waals surface area (Å²) in [6.07, 6.45) is 6.54. The number of unbranched alkanes of at least 4 members (excludes halogenated alkanes) is 3. The van der Waals surface area contributed by atoms with Crippen LogP contribution in [0.4, 0.5) is 0 Å². The largest absolute Gasteiger partial charge is 0.474 e. The molecule has 2 aromatic rings. The number of rotatable bonds is 11. The molecule has 1 atom stereocenters. The van der Waals surface area contributed by atoms with Gasteiger partial charge in [-0.05, 0) is 37.6 Å². The van der Waals surface area contributed by atoms with E-state index in [4.69, 9.17) is 21.2 Å². The molecule has 1 aromatic carbocycles. The van der Waals surface area contributed by atoms with Crippen molar-refractivity contribution in [1.29, 1.82) is 0 Å². The molecule has 148 valence electrons. The summed E-state index contributed by atoms with van der Waals surface area (Å²) in [5.74, 6) is 0.472. The number of carbonyl (C=O) groups is 1. The van der Waals surface area contributed by atoms with Crippen molar-refractivity contribution in [3.63, 3.8) is 0 Å². The van der Waals surface area contributed by atoms with E-state index >= 15 is 0 Å². The van der Waals surface area contributed by atoms with E-state index in [9.17, 15) is 4.79 Å². The zero-order chi connectivity index (χ0) is 19.6. The normalized spacial score (nSPS) is 12.0. The van der Waals surface area contributed by atoms with E-state index in [1.807, 2.05) is 37.4 Å². The molecule has 0 radical (unpaired) electrons. The fourth-order valence-electron chi connectivity index (χ4n) is 2.74. The van der Waals surface area contributed by atoms with Crippen molar-refractivity contribution in [2.24, 2.45) is 0 Å². The van der Waals surface area contributed by atoms with Gasteiger partial charge in [0.1, 0.15) is 6.61 Å². The fourth-order valence-corrected chi connectivity index (χ4v) is 2.86. The van der Waals surface area contributed by atoms with Crippen molar-refractivity contribution < 1.29 is 14.4 Å². The summed E-state index contributed by atoms with van der Waals surface area (Å²) in [4.78, 5) is 17.6. The van der Waals surface area contributed by atoms with Crippen molar-refractivity contribution in [1.82, 2.24) is 14.8 Å². The molecule has 27 heavy (non-hydrogen) atoms. The second-order valence-corrected chi connectivity index (χ2v) is 6.88. The number of benzene rings is 1. The van der Waals surface area contributed by atoms with Crippen LogP contribution in [0.15, 0.2) is 36.5 Å². The molecule has 0 aliphatic carbocycles. The second kappa shape index (κ2) is 10.9. The number of ether oxygens (including phenoxy) is 1. The highest BCUT2D eigenvalue weighted by atomic mass is 35.5. The summed E-state index contributed by atoms with van der Waals surface area (Å²) in [5.41, 5.74) is 0.892. The second-order valence-electron chi connectivity index (χ2n) is 6.45. The lowest BCUT2D eigenvalue weighted by atomic mass is 10.1. The minimum atomic E-state index is -0.214. The van der Waals surface area contributed by atoms with Crippen LogP contribution in [0, 0.1) is 0 Å². The summed E-state index contributed by atoms with van der Waals surface area (Å²) < 4.78 is 7.45. The van der Waals surface area contributed by atoms with Crippen molar-refractivity contribution in [2.75, 3.05) is 13.7 Å². The zero-order valence-corrected chi connectivity index (χ0v) is 17.0. The van der Waals surface area contributed by atoms with E-state index in [1.165, 1.54) is 12.2 Å². The molecule has 0 bridgehead atoms. The molecule has 1 aromatic heterocycles. The lowest BCUT2D eigenvalue weighted by Crippen LogP contribution is -2.41. The van der Waals surface area contributed by atoms with Crippen molar-refractivity contribution in [3.8, 4) is 11.6 Å². The SMILES string of the molecule is CCCCCCC(=O)N(OC)C(C)COc1ccn(-c2ccc(Cl)cc2)n1. The number of amides is 1. The summed E-state index contributed by atoms with van der Waals surface area (Å²) >= 11 is 5.91. The van der Waals surface area contributed by atoms with Gasteiger partial charge in [-0.3, -0.25) is 9.63 Å². The van der Waals surface area contributed by atoms with Crippen LogP contribution in [-0.2, 0) is 9.63 Å². The highest BCUT2D eigenvalue weighted by molar-refractivity contribution is 6.30. The number of hydroxylamine groups is 2. The Bertz CT molecular complexity index is 703. The molecule has 1 unspecified atom stereocenters. The first kappa shape index (κ1) is 21.3. The Morgan fingerprint density at radius 3 is 2.63 bits per heavy atom. The van der Waals surface area contributed by atoms with Crippen molar-refractivity contribution >= 4 is 17.5 Å². The Morgan fingerprint density at radius 2 is 1.96 bits per heavy atom. The first-order chi connectivity index (χ1) is 13.0. The lowest BCUT2D eigenvalue weighted by molar-refractivity contribution is -0.189. The Hall–Kier alpha value is -2.05. The van der Waals surface area contributed by atoms with Crippen LogP contribution >= 0.6 is 11.6 Å². The molecule has 0 N–H and O–H groups in total. The standard InChI is InChI=1S/C20H28ClN3O3/c1-4-5-6-7-8-20(25)24(26-3)16(2)15-27-19-13-14-23(22-19)18-11-9-17(21)10-12-18/h9-14,16H,4-8,15H2,1-3H3. The van der Waals surface area contributed by atoms with Crippen LogP contribution in [0.2, 0.25) is 5.02 Å². The third-order valence-electron chi connectivity index (χ3n) is 4.22.